The van der Waals surface area contributed by atoms with Crippen LogP contribution in [0.15, 0.2) is 40.1 Å². The third-order valence-corrected chi connectivity index (χ3v) is 5.45. The molecule has 0 saturated heterocycles. The first-order valence-electron chi connectivity index (χ1n) is 10.3. The Hall–Kier alpha value is -3.82. The number of fused-ring (bicyclic) bond motifs is 2. The van der Waals surface area contributed by atoms with E-state index in [1.165, 1.54) is 4.57 Å². The molecule has 4 aromatic heterocycles. The molecule has 4 aromatic rings. The standard InChI is InChI=1S/C21H21N7O3/c1-2-8-28-18-17(20(30)24-21(28)31)13(10-14(23-18)12-6-7-12)19(29)22-11-16-26-25-15-5-3-4-9-27(15)16/h3-5,9-10,12H,2,6-8,11H2,1H3,(H,22,29)(H,24,30,31). The first-order chi connectivity index (χ1) is 15.1. The summed E-state index contributed by atoms with van der Waals surface area (Å²) in [5, 5.41) is 11.2. The summed E-state index contributed by atoms with van der Waals surface area (Å²) in [7, 11) is 0. The van der Waals surface area contributed by atoms with Crippen molar-refractivity contribution in [1.29, 1.82) is 0 Å². The predicted molar refractivity (Wildman–Crippen MR) is 113 cm³/mol. The highest BCUT2D eigenvalue weighted by Gasteiger charge is 2.28. The van der Waals surface area contributed by atoms with Gasteiger partial charge in [-0.3, -0.25) is 23.5 Å². The Labute approximate surface area is 176 Å². The van der Waals surface area contributed by atoms with Gasteiger partial charge in [-0.15, -0.1) is 10.2 Å². The zero-order valence-corrected chi connectivity index (χ0v) is 17.0. The van der Waals surface area contributed by atoms with E-state index in [0.29, 0.717) is 24.4 Å². The summed E-state index contributed by atoms with van der Waals surface area (Å²) in [6, 6.07) is 7.21. The minimum absolute atomic E-state index is 0.126. The third kappa shape index (κ3) is 3.39. The molecule has 0 bridgehead atoms. The van der Waals surface area contributed by atoms with E-state index in [9.17, 15) is 14.4 Å². The quantitative estimate of drug-likeness (QED) is 0.486. The summed E-state index contributed by atoms with van der Waals surface area (Å²) < 4.78 is 3.22. The van der Waals surface area contributed by atoms with Gasteiger partial charge in [-0.05, 0) is 37.5 Å². The van der Waals surface area contributed by atoms with Gasteiger partial charge in [0.1, 0.15) is 0 Å². The first-order valence-corrected chi connectivity index (χ1v) is 10.3. The van der Waals surface area contributed by atoms with Crippen LogP contribution in [0.25, 0.3) is 16.7 Å². The average Bonchev–Trinajstić information content (AvgIpc) is 3.54. The fourth-order valence-electron chi connectivity index (χ4n) is 3.76. The number of aromatic amines is 1. The topological polar surface area (TPSA) is 127 Å². The summed E-state index contributed by atoms with van der Waals surface area (Å²) in [4.78, 5) is 45.1. The van der Waals surface area contributed by atoms with E-state index in [1.807, 2.05) is 31.3 Å². The summed E-state index contributed by atoms with van der Waals surface area (Å²) in [6.07, 6.45) is 4.47. The van der Waals surface area contributed by atoms with Gasteiger partial charge in [-0.2, -0.15) is 0 Å². The van der Waals surface area contributed by atoms with Crippen molar-refractivity contribution in [1.82, 2.24) is 34.4 Å². The van der Waals surface area contributed by atoms with Gasteiger partial charge in [0.25, 0.3) is 11.5 Å². The number of H-pyrrole nitrogens is 1. The lowest BCUT2D eigenvalue weighted by Crippen LogP contribution is -2.33. The zero-order valence-electron chi connectivity index (χ0n) is 17.0. The van der Waals surface area contributed by atoms with Crippen molar-refractivity contribution >= 4 is 22.6 Å². The molecule has 10 heteroatoms. The van der Waals surface area contributed by atoms with Crippen molar-refractivity contribution in [2.45, 2.75) is 45.2 Å². The number of aromatic nitrogens is 6. The van der Waals surface area contributed by atoms with E-state index in [-0.39, 0.29) is 29.1 Å². The second-order valence-electron chi connectivity index (χ2n) is 7.71. The van der Waals surface area contributed by atoms with Gasteiger partial charge >= 0.3 is 5.69 Å². The highest BCUT2D eigenvalue weighted by Crippen LogP contribution is 2.39. The second-order valence-corrected chi connectivity index (χ2v) is 7.71. The summed E-state index contributed by atoms with van der Waals surface area (Å²) in [6.45, 7) is 2.48. The summed E-state index contributed by atoms with van der Waals surface area (Å²) in [5.41, 5.74) is 0.767. The lowest BCUT2D eigenvalue weighted by Gasteiger charge is -2.13. The van der Waals surface area contributed by atoms with Crippen LogP contribution in [0.4, 0.5) is 0 Å². The van der Waals surface area contributed by atoms with Crippen LogP contribution in [0.3, 0.4) is 0 Å². The van der Waals surface area contributed by atoms with E-state index >= 15 is 0 Å². The van der Waals surface area contributed by atoms with Crippen LogP contribution in [0.5, 0.6) is 0 Å². The van der Waals surface area contributed by atoms with Gasteiger partial charge < -0.3 is 5.32 Å². The Kier molecular flexibility index (Phi) is 4.61. The molecule has 1 saturated carbocycles. The molecule has 10 nitrogen and oxygen atoms in total. The molecule has 0 aromatic carbocycles. The van der Waals surface area contributed by atoms with Crippen molar-refractivity contribution in [2.24, 2.45) is 0 Å². The molecular weight excluding hydrogens is 398 g/mol. The number of carbonyl (C=O) groups excluding carboxylic acids is 1. The maximum Gasteiger partial charge on any atom is 0.329 e. The minimum Gasteiger partial charge on any atom is -0.345 e. The first kappa shape index (κ1) is 19.2. The molecule has 5 rings (SSSR count). The monoisotopic (exact) mass is 419 g/mol. The van der Waals surface area contributed by atoms with Gasteiger partial charge in [0.05, 0.1) is 17.5 Å². The largest absolute Gasteiger partial charge is 0.345 e. The number of nitrogens with zero attached hydrogens (tertiary/aromatic N) is 5. The second kappa shape index (κ2) is 7.46. The molecule has 0 spiro atoms. The molecule has 0 radical (unpaired) electrons. The fraction of sp³-hybridized carbons (Fsp3) is 0.333. The zero-order chi connectivity index (χ0) is 21.5. The fourth-order valence-corrected chi connectivity index (χ4v) is 3.76. The minimum atomic E-state index is -0.611. The van der Waals surface area contributed by atoms with Crippen molar-refractivity contribution in [2.75, 3.05) is 0 Å². The molecule has 1 aliphatic carbocycles. The molecule has 1 aliphatic rings. The molecule has 1 fully saturated rings. The van der Waals surface area contributed by atoms with Crippen LogP contribution in [0, 0.1) is 0 Å². The van der Waals surface area contributed by atoms with E-state index in [0.717, 1.165) is 18.5 Å². The van der Waals surface area contributed by atoms with Gasteiger partial charge in [0, 0.05) is 24.4 Å². The number of hydrogen-bond donors (Lipinski definition) is 2. The van der Waals surface area contributed by atoms with E-state index in [4.69, 9.17) is 0 Å². The molecule has 4 heterocycles. The van der Waals surface area contributed by atoms with Gasteiger partial charge in [-0.25, -0.2) is 9.78 Å². The molecule has 1 amide bonds. The number of amides is 1. The molecular formula is C21H21N7O3. The molecule has 0 atom stereocenters. The number of carbonyl (C=O) groups is 1. The molecule has 0 unspecified atom stereocenters. The smallest absolute Gasteiger partial charge is 0.329 e. The Morgan fingerprint density at radius 3 is 2.87 bits per heavy atom. The summed E-state index contributed by atoms with van der Waals surface area (Å²) in [5.74, 6) is 0.400. The van der Waals surface area contributed by atoms with Crippen molar-refractivity contribution in [3.05, 3.63) is 68.4 Å². The highest BCUT2D eigenvalue weighted by molar-refractivity contribution is 6.05. The van der Waals surface area contributed by atoms with Crippen LogP contribution >= 0.6 is 0 Å². The lowest BCUT2D eigenvalue weighted by atomic mass is 10.1. The van der Waals surface area contributed by atoms with Crippen LogP contribution in [-0.4, -0.2) is 35.0 Å². The number of rotatable bonds is 6. The van der Waals surface area contributed by atoms with E-state index in [2.05, 4.69) is 25.5 Å². The maximum absolute atomic E-state index is 13.2. The number of aryl methyl sites for hydroxylation is 1. The molecule has 0 aliphatic heterocycles. The Morgan fingerprint density at radius 1 is 1.26 bits per heavy atom. The highest BCUT2D eigenvalue weighted by atomic mass is 16.2. The normalized spacial score (nSPS) is 13.7. The third-order valence-electron chi connectivity index (χ3n) is 5.45. The molecule has 31 heavy (non-hydrogen) atoms. The van der Waals surface area contributed by atoms with Crippen LogP contribution in [0.1, 0.15) is 54.0 Å². The Bertz CT molecular complexity index is 1430. The van der Waals surface area contributed by atoms with Crippen LogP contribution < -0.4 is 16.6 Å². The molecule has 2 N–H and O–H groups in total. The van der Waals surface area contributed by atoms with Gasteiger partial charge in [0.15, 0.2) is 17.1 Å². The van der Waals surface area contributed by atoms with Crippen molar-refractivity contribution in [3.63, 3.8) is 0 Å². The van der Waals surface area contributed by atoms with E-state index < -0.39 is 17.2 Å². The predicted octanol–water partition coefficient (Wildman–Crippen LogP) is 1.34. The number of nitrogens with one attached hydrogen (secondary N) is 2. The molecule has 158 valence electrons. The van der Waals surface area contributed by atoms with Crippen LogP contribution in [-0.2, 0) is 13.1 Å². The Morgan fingerprint density at radius 2 is 2.10 bits per heavy atom. The van der Waals surface area contributed by atoms with E-state index in [1.54, 1.807) is 10.5 Å². The van der Waals surface area contributed by atoms with Gasteiger partial charge in [-0.1, -0.05) is 13.0 Å². The van der Waals surface area contributed by atoms with Crippen LogP contribution in [0.2, 0.25) is 0 Å². The van der Waals surface area contributed by atoms with Crippen molar-refractivity contribution < 1.29 is 4.79 Å². The van der Waals surface area contributed by atoms with Crippen molar-refractivity contribution in [3.8, 4) is 0 Å². The number of hydrogen-bond acceptors (Lipinski definition) is 6. The number of pyridine rings is 2. The maximum atomic E-state index is 13.2. The lowest BCUT2D eigenvalue weighted by molar-refractivity contribution is 0.0951. The average molecular weight is 419 g/mol. The van der Waals surface area contributed by atoms with Gasteiger partial charge in [0.2, 0.25) is 0 Å². The Balaban J connectivity index is 1.58. The summed E-state index contributed by atoms with van der Waals surface area (Å²) >= 11 is 0. The SMILES string of the molecule is CCCn1c(=O)[nH]c(=O)c2c(C(=O)NCc3nnc4ccccn34)cc(C3CC3)nc21.